The number of hydrogen-bond acceptors (Lipinski definition) is 3. The number of benzene rings is 1. The molecule has 0 aliphatic rings. The highest BCUT2D eigenvalue weighted by Gasteiger charge is 2.09. The van der Waals surface area contributed by atoms with Crippen LogP contribution in [0.2, 0.25) is 0 Å². The summed E-state index contributed by atoms with van der Waals surface area (Å²) in [5, 5.41) is 8.60. The summed E-state index contributed by atoms with van der Waals surface area (Å²) in [5.74, 6) is 0.0360. The van der Waals surface area contributed by atoms with E-state index in [0.717, 1.165) is 6.42 Å². The lowest BCUT2D eigenvalue weighted by molar-refractivity contribution is 0.0974. The van der Waals surface area contributed by atoms with Gasteiger partial charge in [0, 0.05) is 18.0 Å². The van der Waals surface area contributed by atoms with Crippen molar-refractivity contribution in [1.82, 2.24) is 0 Å². The molecule has 78 valence electrons. The average molecular weight is 202 g/mol. The third kappa shape index (κ3) is 3.19. The van der Waals surface area contributed by atoms with Gasteiger partial charge in [0.05, 0.1) is 11.6 Å². The normalized spacial score (nSPS) is 11.8. The number of rotatable bonds is 4. The highest BCUT2D eigenvalue weighted by Crippen LogP contribution is 2.08. The molecule has 0 saturated heterocycles. The minimum absolute atomic E-state index is 0.0360. The summed E-state index contributed by atoms with van der Waals surface area (Å²) < 4.78 is 0. The van der Waals surface area contributed by atoms with Crippen molar-refractivity contribution in [2.75, 3.05) is 0 Å². The zero-order valence-electron chi connectivity index (χ0n) is 8.73. The molecule has 1 aromatic carbocycles. The van der Waals surface area contributed by atoms with Crippen molar-refractivity contribution in [3.8, 4) is 6.07 Å². The summed E-state index contributed by atoms with van der Waals surface area (Å²) in [6.07, 6.45) is 1.16. The van der Waals surface area contributed by atoms with Crippen LogP contribution in [0.1, 0.15) is 35.7 Å². The van der Waals surface area contributed by atoms with Gasteiger partial charge in [-0.25, -0.2) is 0 Å². The van der Waals surface area contributed by atoms with Crippen molar-refractivity contribution in [3.05, 3.63) is 35.4 Å². The molecule has 1 atom stereocenters. The van der Waals surface area contributed by atoms with Gasteiger partial charge in [-0.05, 0) is 18.6 Å². The number of carbonyl (C=O) groups excluding carboxylic acids is 1. The van der Waals surface area contributed by atoms with E-state index in [-0.39, 0.29) is 11.8 Å². The van der Waals surface area contributed by atoms with E-state index in [4.69, 9.17) is 11.0 Å². The van der Waals surface area contributed by atoms with Crippen LogP contribution in [-0.2, 0) is 0 Å². The fourth-order valence-electron chi connectivity index (χ4n) is 1.23. The summed E-state index contributed by atoms with van der Waals surface area (Å²) in [6, 6.07) is 8.56. The minimum atomic E-state index is -0.0758. The molecule has 1 unspecified atom stereocenters. The average Bonchev–Trinajstić information content (AvgIpc) is 2.29. The largest absolute Gasteiger partial charge is 0.327 e. The number of nitrogens with two attached hydrogens (primary N) is 1. The second-order valence-electron chi connectivity index (χ2n) is 3.48. The summed E-state index contributed by atoms with van der Waals surface area (Å²) in [6.45, 7) is 1.96. The molecule has 0 fully saturated rings. The van der Waals surface area contributed by atoms with Gasteiger partial charge in [0.2, 0.25) is 0 Å². The van der Waals surface area contributed by atoms with Gasteiger partial charge < -0.3 is 5.73 Å². The topological polar surface area (TPSA) is 66.9 Å². The fourth-order valence-corrected chi connectivity index (χ4v) is 1.23. The molecular formula is C12H14N2O. The molecule has 3 heteroatoms. The van der Waals surface area contributed by atoms with Crippen LogP contribution >= 0.6 is 0 Å². The first-order chi connectivity index (χ1) is 7.17. The Bertz CT molecular complexity index is 376. The summed E-state index contributed by atoms with van der Waals surface area (Å²) >= 11 is 0. The molecule has 0 amide bonds. The molecule has 15 heavy (non-hydrogen) atoms. The number of nitrogens with zero attached hydrogens (tertiary/aromatic N) is 1. The van der Waals surface area contributed by atoms with E-state index < -0.39 is 0 Å². The van der Waals surface area contributed by atoms with Gasteiger partial charge >= 0.3 is 0 Å². The lowest BCUT2D eigenvalue weighted by Gasteiger charge is -2.07. The Morgan fingerprint density at radius 2 is 2.07 bits per heavy atom. The molecule has 2 N–H and O–H groups in total. The predicted molar refractivity (Wildman–Crippen MR) is 58.4 cm³/mol. The molecule has 3 nitrogen and oxygen atoms in total. The lowest BCUT2D eigenvalue weighted by atomic mass is 10.0. The first kappa shape index (κ1) is 11.4. The highest BCUT2D eigenvalue weighted by molar-refractivity contribution is 5.96. The van der Waals surface area contributed by atoms with E-state index in [0.29, 0.717) is 17.5 Å². The van der Waals surface area contributed by atoms with Gasteiger partial charge in [-0.1, -0.05) is 19.1 Å². The molecule has 1 aromatic rings. The standard InChI is InChI=1S/C12H14N2O/c1-2-11(14)7-12(15)10-5-3-9(8-13)4-6-10/h3-6,11H,2,7,14H2,1H3. The molecule has 0 saturated carbocycles. The Balaban J connectivity index is 2.71. The highest BCUT2D eigenvalue weighted by atomic mass is 16.1. The molecule has 0 spiro atoms. The SMILES string of the molecule is CCC(N)CC(=O)c1ccc(C#N)cc1. The Kier molecular flexibility index (Phi) is 4.02. The number of carbonyl (C=O) groups is 1. The lowest BCUT2D eigenvalue weighted by Crippen LogP contribution is -2.22. The molecule has 0 aliphatic carbocycles. The second-order valence-corrected chi connectivity index (χ2v) is 3.48. The van der Waals surface area contributed by atoms with Gasteiger partial charge in [0.15, 0.2) is 5.78 Å². The fraction of sp³-hybridized carbons (Fsp3) is 0.333. The molecule has 0 aliphatic heterocycles. The van der Waals surface area contributed by atoms with Gasteiger partial charge in [0.1, 0.15) is 0 Å². The smallest absolute Gasteiger partial charge is 0.164 e. The molecule has 0 aromatic heterocycles. The van der Waals surface area contributed by atoms with Crippen LogP contribution in [-0.4, -0.2) is 11.8 Å². The maximum Gasteiger partial charge on any atom is 0.164 e. The maximum absolute atomic E-state index is 11.7. The van der Waals surface area contributed by atoms with Crippen LogP contribution in [0, 0.1) is 11.3 Å². The predicted octanol–water partition coefficient (Wildman–Crippen LogP) is 1.87. The minimum Gasteiger partial charge on any atom is -0.327 e. The molecular weight excluding hydrogens is 188 g/mol. The van der Waals surface area contributed by atoms with Crippen LogP contribution in [0.3, 0.4) is 0 Å². The summed E-state index contributed by atoms with van der Waals surface area (Å²) in [4.78, 5) is 11.7. The Morgan fingerprint density at radius 3 is 2.53 bits per heavy atom. The number of nitriles is 1. The zero-order chi connectivity index (χ0) is 11.3. The summed E-state index contributed by atoms with van der Waals surface area (Å²) in [7, 11) is 0. The third-order valence-electron chi connectivity index (χ3n) is 2.31. The monoisotopic (exact) mass is 202 g/mol. The quantitative estimate of drug-likeness (QED) is 0.758. The van der Waals surface area contributed by atoms with E-state index in [1.165, 1.54) is 0 Å². The zero-order valence-corrected chi connectivity index (χ0v) is 8.73. The first-order valence-corrected chi connectivity index (χ1v) is 4.96. The summed E-state index contributed by atoms with van der Waals surface area (Å²) in [5.41, 5.74) is 6.88. The van der Waals surface area contributed by atoms with E-state index in [1.54, 1.807) is 24.3 Å². The molecule has 0 heterocycles. The second kappa shape index (κ2) is 5.28. The van der Waals surface area contributed by atoms with Gasteiger partial charge in [-0.2, -0.15) is 5.26 Å². The van der Waals surface area contributed by atoms with Gasteiger partial charge in [0.25, 0.3) is 0 Å². The number of Topliss-reactive ketones (excluding diaryl/α,β-unsaturated/α-hetero) is 1. The van der Waals surface area contributed by atoms with Crippen LogP contribution in [0.15, 0.2) is 24.3 Å². The van der Waals surface area contributed by atoms with E-state index in [2.05, 4.69) is 0 Å². The van der Waals surface area contributed by atoms with E-state index in [9.17, 15) is 4.79 Å². The van der Waals surface area contributed by atoms with E-state index >= 15 is 0 Å². The van der Waals surface area contributed by atoms with Crippen LogP contribution < -0.4 is 5.73 Å². The van der Waals surface area contributed by atoms with Gasteiger partial charge in [-0.15, -0.1) is 0 Å². The Labute approximate surface area is 89.5 Å². The van der Waals surface area contributed by atoms with Crippen molar-refractivity contribution < 1.29 is 4.79 Å². The van der Waals surface area contributed by atoms with Crippen molar-refractivity contribution in [3.63, 3.8) is 0 Å². The molecule has 0 bridgehead atoms. The van der Waals surface area contributed by atoms with Crippen LogP contribution in [0.4, 0.5) is 0 Å². The Morgan fingerprint density at radius 1 is 1.47 bits per heavy atom. The maximum atomic E-state index is 11.7. The molecule has 1 rings (SSSR count). The van der Waals surface area contributed by atoms with Crippen molar-refractivity contribution in [2.45, 2.75) is 25.8 Å². The third-order valence-corrected chi connectivity index (χ3v) is 2.31. The van der Waals surface area contributed by atoms with Crippen molar-refractivity contribution in [1.29, 1.82) is 5.26 Å². The van der Waals surface area contributed by atoms with Crippen molar-refractivity contribution >= 4 is 5.78 Å². The van der Waals surface area contributed by atoms with Gasteiger partial charge in [-0.3, -0.25) is 4.79 Å². The Hall–Kier alpha value is -1.66. The van der Waals surface area contributed by atoms with Crippen molar-refractivity contribution in [2.24, 2.45) is 5.73 Å². The van der Waals surface area contributed by atoms with E-state index in [1.807, 2.05) is 13.0 Å². The van der Waals surface area contributed by atoms with Crippen LogP contribution in [0.25, 0.3) is 0 Å². The first-order valence-electron chi connectivity index (χ1n) is 4.96. The number of hydrogen-bond donors (Lipinski definition) is 1. The van der Waals surface area contributed by atoms with Crippen LogP contribution in [0.5, 0.6) is 0 Å². The molecule has 0 radical (unpaired) electrons. The number of ketones is 1.